The zero-order valence-electron chi connectivity index (χ0n) is 38.1. The number of oxime groups is 1. The van der Waals surface area contributed by atoms with Gasteiger partial charge in [-0.05, 0) is 79.1 Å². The number of H-pyrrole nitrogens is 1. The smallest absolute Gasteiger partial charge is 0.316 e. The number of rotatable bonds is 8. The number of cyclic esters (lactones) is 1. The van der Waals surface area contributed by atoms with Gasteiger partial charge in [-0.3, -0.25) is 14.4 Å². The second-order valence-corrected chi connectivity index (χ2v) is 18.8. The maximum absolute atomic E-state index is 14.6. The lowest BCUT2D eigenvalue weighted by atomic mass is 9.73. The van der Waals surface area contributed by atoms with Crippen LogP contribution < -0.4 is 0 Å². The van der Waals surface area contributed by atoms with Gasteiger partial charge in [0.1, 0.15) is 29.4 Å². The molecule has 63 heavy (non-hydrogen) atoms. The summed E-state index contributed by atoms with van der Waals surface area (Å²) in [6.45, 7) is 14.6. The van der Waals surface area contributed by atoms with Crippen molar-refractivity contribution in [2.24, 2.45) is 33.8 Å². The lowest BCUT2D eigenvalue weighted by Crippen LogP contribution is -2.60. The van der Waals surface area contributed by atoms with Crippen molar-refractivity contribution in [3.8, 4) is 10.8 Å². The van der Waals surface area contributed by atoms with E-state index in [0.717, 1.165) is 10.5 Å². The van der Waals surface area contributed by atoms with Crippen molar-refractivity contribution in [3.05, 3.63) is 29.4 Å². The fourth-order valence-electron chi connectivity index (χ4n) is 9.25. The number of likely N-dealkylation sites (N-methyl/N-ethyl adjacent to an activating group) is 1. The van der Waals surface area contributed by atoms with Crippen molar-refractivity contribution < 1.29 is 53.1 Å². The van der Waals surface area contributed by atoms with Crippen molar-refractivity contribution in [1.82, 2.24) is 24.8 Å². The van der Waals surface area contributed by atoms with E-state index in [1.54, 1.807) is 40.0 Å². The number of aliphatic hydroxyl groups is 2. The van der Waals surface area contributed by atoms with E-state index in [4.69, 9.17) is 28.5 Å². The minimum absolute atomic E-state index is 0.0503. The number of aliphatic imine (C=N–C) groups is 1. The number of esters is 1. The molecular weight excluding hydrogens is 835 g/mol. The molecule has 0 saturated carbocycles. The number of imidazole rings is 1. The molecule has 3 aromatic heterocycles. The first-order chi connectivity index (χ1) is 29.7. The van der Waals surface area contributed by atoms with Crippen LogP contribution in [0.3, 0.4) is 0 Å². The predicted molar refractivity (Wildman–Crippen MR) is 234 cm³/mol. The number of ketones is 1. The number of aromatic nitrogens is 4. The molecule has 3 saturated heterocycles. The molecule has 6 rings (SSSR count). The zero-order valence-corrected chi connectivity index (χ0v) is 38.9. The zero-order chi connectivity index (χ0) is 46.0. The number of ether oxygens (including phenoxy) is 5. The molecule has 346 valence electrons. The number of aromatic amines is 1. The van der Waals surface area contributed by atoms with Gasteiger partial charge in [-0.25, -0.2) is 19.9 Å². The summed E-state index contributed by atoms with van der Waals surface area (Å²) < 4.78 is 32.6. The van der Waals surface area contributed by atoms with E-state index >= 15 is 0 Å². The summed E-state index contributed by atoms with van der Waals surface area (Å²) in [4.78, 5) is 70.5. The summed E-state index contributed by atoms with van der Waals surface area (Å²) in [5.74, 6) is -4.80. The third-order valence-electron chi connectivity index (χ3n) is 12.6. The van der Waals surface area contributed by atoms with E-state index in [1.807, 2.05) is 44.3 Å². The van der Waals surface area contributed by atoms with Crippen molar-refractivity contribution in [2.75, 3.05) is 27.3 Å². The number of fused-ring (bicyclic) bond motifs is 6. The minimum atomic E-state index is -1.87. The third kappa shape index (κ3) is 10.7. The van der Waals surface area contributed by atoms with E-state index in [0.29, 0.717) is 29.3 Å². The monoisotopic (exact) mass is 897 g/mol. The summed E-state index contributed by atoms with van der Waals surface area (Å²) in [5.41, 5.74) is -0.881. The predicted octanol–water partition coefficient (Wildman–Crippen LogP) is 4.52. The Morgan fingerprint density at radius 2 is 1.84 bits per heavy atom. The lowest BCUT2D eigenvalue weighted by molar-refractivity contribution is -0.296. The van der Waals surface area contributed by atoms with E-state index in [1.165, 1.54) is 32.1 Å². The Morgan fingerprint density at radius 1 is 1.10 bits per heavy atom. The number of pyridine rings is 1. The van der Waals surface area contributed by atoms with Gasteiger partial charge in [-0.2, -0.15) is 0 Å². The quantitative estimate of drug-likeness (QED) is 0.160. The van der Waals surface area contributed by atoms with E-state index in [2.05, 4.69) is 30.1 Å². The first-order valence-corrected chi connectivity index (χ1v) is 22.5. The van der Waals surface area contributed by atoms with Gasteiger partial charge >= 0.3 is 5.97 Å². The number of hydrogen-bond acceptors (Lipinski definition) is 17. The Labute approximate surface area is 372 Å². The Bertz CT molecular complexity index is 2140. The van der Waals surface area contributed by atoms with Gasteiger partial charge in [0.25, 0.3) is 0 Å². The number of amides is 1. The highest BCUT2D eigenvalue weighted by Crippen LogP contribution is 2.40. The Hall–Kier alpha value is -4.08. The van der Waals surface area contributed by atoms with E-state index in [-0.39, 0.29) is 50.5 Å². The molecule has 0 radical (unpaired) electrons. The largest absolute Gasteiger partial charge is 0.459 e. The number of hydrogen-bond donors (Lipinski definition) is 3. The highest BCUT2D eigenvalue weighted by molar-refractivity contribution is 7.13. The van der Waals surface area contributed by atoms with Crippen LogP contribution in [0, 0.1) is 23.7 Å². The fraction of sp³-hybridized carbons (Fsp3) is 0.682. The number of carbonyl (C=O) groups excluding carboxylic acids is 3. The molecule has 3 fully saturated rings. The second-order valence-electron chi connectivity index (χ2n) is 17.9. The minimum Gasteiger partial charge on any atom is -0.459 e. The Morgan fingerprint density at radius 3 is 2.51 bits per heavy atom. The summed E-state index contributed by atoms with van der Waals surface area (Å²) >= 11 is 1.46. The van der Waals surface area contributed by atoms with Crippen LogP contribution in [0.1, 0.15) is 87.3 Å². The number of thiazole rings is 1. The van der Waals surface area contributed by atoms with Gasteiger partial charge in [-0.1, -0.05) is 32.9 Å². The molecule has 2 bridgehead atoms. The van der Waals surface area contributed by atoms with Crippen LogP contribution in [-0.4, -0.2) is 145 Å². The molecule has 19 heteroatoms. The molecular formula is C44H63N7O11S. The first-order valence-electron chi connectivity index (χ1n) is 21.6. The molecule has 1 amide bonds. The lowest BCUT2D eigenvalue weighted by Gasteiger charge is -2.47. The Kier molecular flexibility index (Phi) is 15.3. The van der Waals surface area contributed by atoms with Crippen molar-refractivity contribution >= 4 is 51.6 Å². The van der Waals surface area contributed by atoms with E-state index < -0.39 is 83.2 Å². The summed E-state index contributed by atoms with van der Waals surface area (Å²) in [6, 6.07) is 3.30. The molecule has 6 heterocycles. The van der Waals surface area contributed by atoms with Gasteiger partial charge < -0.3 is 48.6 Å². The van der Waals surface area contributed by atoms with Crippen LogP contribution in [0.4, 0.5) is 0 Å². The van der Waals surface area contributed by atoms with Crippen molar-refractivity contribution in [3.63, 3.8) is 0 Å². The number of Topliss-reactive ketones (excluding diaryl/α,β-unsaturated/α-hetero) is 1. The second kappa shape index (κ2) is 20.0. The third-order valence-corrected chi connectivity index (χ3v) is 13.3. The SMILES string of the molecule is CC[C@H]1OC(=O)[C@H](C)C(=O)[C@H](C)[C@@H](O[C@@H]2O[C@H](C)C[C@H](N(C)C)[C@H]2O)[C@@]2(C)C[C@@H](C)C(=NC(C)=O)[C@H](C)[C@H](OC/C(=N\OCc3ccc4[nH]c(-c5nccs5)nc4n3)CO2)[C@]1(C)O. The fourth-order valence-corrected chi connectivity index (χ4v) is 9.83. The molecule has 3 aliphatic rings. The standard InChI is InChI=1S/C44H63N7O11S/c1-12-32-44(9,56)37-24(4)33(46-27(7)52)22(2)18-43(8,36(25(5)34(53)26(6)41(55)61-32)62-42-35(54)31(51(10)11)17-23(3)60-42)58-20-29(19-57-37)50-59-21-28-13-14-30-38(47-28)49-39(48-30)40-45-15-16-63-40/h13-16,22-26,31-32,35-37,42,54,56H,12,17-21H2,1-11H3,(H,47,48,49)/b46-33?,50-29+/t22-,23-,24+,25+,26-,31+,32-,35-,36-,37+,42+,43-,44-/m1/s1. The molecule has 0 spiro atoms. The average Bonchev–Trinajstić information content (AvgIpc) is 3.92. The van der Waals surface area contributed by atoms with Crippen LogP contribution in [0.2, 0.25) is 0 Å². The number of aliphatic hydroxyl groups excluding tert-OH is 1. The summed E-state index contributed by atoms with van der Waals surface area (Å²) in [6.07, 6.45) is -3.54. The molecule has 0 unspecified atom stereocenters. The Balaban J connectivity index is 1.44. The van der Waals surface area contributed by atoms with Crippen molar-refractivity contribution in [1.29, 1.82) is 0 Å². The van der Waals surface area contributed by atoms with Crippen LogP contribution in [0.5, 0.6) is 0 Å². The molecule has 3 aromatic rings. The molecule has 3 aliphatic heterocycles. The maximum Gasteiger partial charge on any atom is 0.316 e. The maximum atomic E-state index is 14.6. The first kappa shape index (κ1) is 48.4. The van der Waals surface area contributed by atoms with Gasteiger partial charge in [0.05, 0.1) is 48.3 Å². The topological polar surface area (TPSA) is 229 Å². The molecule has 0 aliphatic carbocycles. The van der Waals surface area contributed by atoms with Gasteiger partial charge in [-0.15, -0.1) is 11.3 Å². The average molecular weight is 898 g/mol. The van der Waals surface area contributed by atoms with Gasteiger partial charge in [0.15, 0.2) is 35.2 Å². The van der Waals surface area contributed by atoms with Crippen LogP contribution in [0.15, 0.2) is 33.9 Å². The molecule has 3 N–H and O–H groups in total. The highest BCUT2D eigenvalue weighted by atomic mass is 32.1. The molecule has 0 aromatic carbocycles. The van der Waals surface area contributed by atoms with Crippen molar-refractivity contribution in [2.45, 2.75) is 142 Å². The number of nitrogens with zero attached hydrogens (tertiary/aromatic N) is 6. The molecule has 13 atom stereocenters. The number of nitrogens with one attached hydrogen (secondary N) is 1. The molecule has 18 nitrogen and oxygen atoms in total. The van der Waals surface area contributed by atoms with Crippen LogP contribution in [0.25, 0.3) is 22.0 Å². The van der Waals surface area contributed by atoms with Crippen LogP contribution >= 0.6 is 11.3 Å². The number of carbonyl (C=O) groups is 3. The van der Waals surface area contributed by atoms with E-state index in [9.17, 15) is 24.6 Å². The summed E-state index contributed by atoms with van der Waals surface area (Å²) in [7, 11) is 3.73. The van der Waals surface area contributed by atoms with Gasteiger partial charge in [0, 0.05) is 42.1 Å². The highest BCUT2D eigenvalue weighted by Gasteiger charge is 2.53. The normalized spacial score (nSPS) is 36.5. The summed E-state index contributed by atoms with van der Waals surface area (Å²) in [5, 5.41) is 31.3. The van der Waals surface area contributed by atoms with Gasteiger partial charge in [0.2, 0.25) is 5.91 Å². The van der Waals surface area contributed by atoms with Crippen LogP contribution in [-0.2, 0) is 49.5 Å².